The summed E-state index contributed by atoms with van der Waals surface area (Å²) in [5.41, 5.74) is 17.4. The van der Waals surface area contributed by atoms with Crippen LogP contribution < -0.4 is 9.47 Å². The molecule has 0 amide bonds. The van der Waals surface area contributed by atoms with E-state index in [0.29, 0.717) is 0 Å². The molecule has 0 spiro atoms. The van der Waals surface area contributed by atoms with Crippen LogP contribution in [0.5, 0.6) is 11.5 Å². The van der Waals surface area contributed by atoms with Gasteiger partial charge in [-0.05, 0) is 268 Å². The van der Waals surface area contributed by atoms with E-state index in [0.717, 1.165) is 129 Å². The molecular weight excluding hydrogens is 1750 g/mol. The fourth-order valence-electron chi connectivity index (χ4n) is 14.2. The van der Waals surface area contributed by atoms with Crippen molar-refractivity contribution in [2.24, 2.45) is 34.0 Å². The fourth-order valence-corrected chi connectivity index (χ4v) is 14.2. The van der Waals surface area contributed by atoms with Crippen LogP contribution in [-0.2, 0) is 70.0 Å². The van der Waals surface area contributed by atoms with Crippen molar-refractivity contribution in [3.05, 3.63) is 346 Å². The van der Waals surface area contributed by atoms with Crippen LogP contribution in [0.2, 0.25) is 0 Å². The summed E-state index contributed by atoms with van der Waals surface area (Å²) in [5.74, 6) is 0.652. The molecule has 0 aromatic heterocycles. The average Bonchev–Trinajstić information content (AvgIpc) is 1.64. The zero-order valence-corrected chi connectivity index (χ0v) is 79.6. The van der Waals surface area contributed by atoms with Crippen molar-refractivity contribution in [1.82, 2.24) is 0 Å². The molecule has 774 valence electrons. The van der Waals surface area contributed by atoms with E-state index in [4.69, 9.17) is 37.9 Å². The number of ether oxygens (including phenoxy) is 8. The molecule has 14 rings (SSSR count). The van der Waals surface area contributed by atoms with E-state index in [2.05, 4.69) is 97.1 Å². The smallest absolute Gasteiger partial charge is 0.312 e. The van der Waals surface area contributed by atoms with Crippen molar-refractivity contribution in [3.63, 3.8) is 0 Å². The van der Waals surface area contributed by atoms with Crippen molar-refractivity contribution in [1.29, 1.82) is 0 Å². The van der Waals surface area contributed by atoms with Crippen LogP contribution >= 0.6 is 0 Å². The minimum atomic E-state index is -0.470. The highest BCUT2D eigenvalue weighted by Gasteiger charge is 2.34. The molecule has 0 fully saturated rings. The van der Waals surface area contributed by atoms with Crippen molar-refractivity contribution >= 4 is 57.4 Å². The van der Waals surface area contributed by atoms with E-state index in [-0.39, 0.29) is 179 Å². The monoisotopic (exact) mass is 1930 g/mol. The zero-order valence-electron chi connectivity index (χ0n) is 79.6. The lowest BCUT2D eigenvalue weighted by Crippen LogP contribution is -2.27. The van der Waals surface area contributed by atoms with E-state index in [9.17, 15) is 28.8 Å². The van der Waals surface area contributed by atoms with Crippen molar-refractivity contribution < 1.29 is 66.7 Å². The molecule has 0 saturated heterocycles. The van der Waals surface area contributed by atoms with Gasteiger partial charge in [0.1, 0.15) is 35.9 Å². The van der Waals surface area contributed by atoms with Crippen molar-refractivity contribution in [3.8, 4) is 33.8 Å². The quantitative estimate of drug-likeness (QED) is 0.0334. The maximum Gasteiger partial charge on any atom is 0.312 e. The predicted molar refractivity (Wildman–Crippen MR) is 601 cm³/mol. The highest BCUT2D eigenvalue weighted by atomic mass is 16.6. The molecule has 2 aliphatic rings. The van der Waals surface area contributed by atoms with E-state index < -0.39 is 16.2 Å². The molecule has 14 nitrogen and oxygen atoms in total. The summed E-state index contributed by atoms with van der Waals surface area (Å²) in [7, 11) is 3.32. The molecular formula is C127H182O14. The summed E-state index contributed by atoms with van der Waals surface area (Å²) in [5, 5.41) is 4.43. The molecule has 7 atom stereocenters. The Hall–Kier alpha value is -12.4. The topological polar surface area (TPSA) is 176 Å². The predicted octanol–water partition coefficient (Wildman–Crippen LogP) is 36.3. The van der Waals surface area contributed by atoms with Crippen LogP contribution in [0.1, 0.15) is 363 Å². The molecule has 0 N–H and O–H groups in total. The van der Waals surface area contributed by atoms with Gasteiger partial charge in [-0.25, -0.2) is 0 Å². The highest BCUT2D eigenvalue weighted by Crippen LogP contribution is 2.42. The van der Waals surface area contributed by atoms with Gasteiger partial charge in [0.15, 0.2) is 12.2 Å². The Balaban J connectivity index is -0.000000786. The lowest BCUT2D eigenvalue weighted by atomic mass is 9.90. The van der Waals surface area contributed by atoms with Gasteiger partial charge < -0.3 is 37.9 Å². The van der Waals surface area contributed by atoms with Gasteiger partial charge in [-0.1, -0.05) is 394 Å². The van der Waals surface area contributed by atoms with Crippen LogP contribution in [0.25, 0.3) is 43.8 Å². The Morgan fingerprint density at radius 1 is 0.248 bits per heavy atom. The Kier molecular flexibility index (Phi) is 61.3. The fraction of sp³-hybridized carbons (Fsp3) is 0.417. The minimum absolute atomic E-state index is 0. The Bertz CT molecular complexity index is 5580. The number of benzene rings is 12. The van der Waals surface area contributed by atoms with Gasteiger partial charge in [0.2, 0.25) is 0 Å². The average molecular weight is 1930 g/mol. The largest absolute Gasteiger partial charge is 0.497 e. The van der Waals surface area contributed by atoms with Gasteiger partial charge in [-0.2, -0.15) is 0 Å². The summed E-state index contributed by atoms with van der Waals surface area (Å²) < 4.78 is 44.4. The van der Waals surface area contributed by atoms with Gasteiger partial charge in [0.05, 0.1) is 48.2 Å². The first-order valence-electron chi connectivity index (χ1n) is 45.7. The van der Waals surface area contributed by atoms with E-state index in [1.165, 1.54) is 44.5 Å². The van der Waals surface area contributed by atoms with Gasteiger partial charge in [0.25, 0.3) is 0 Å². The van der Waals surface area contributed by atoms with Crippen LogP contribution in [0, 0.1) is 34.0 Å². The summed E-state index contributed by atoms with van der Waals surface area (Å²) in [4.78, 5) is 72.8. The molecule has 0 bridgehead atoms. The number of rotatable bonds is 28. The molecule has 2 aliphatic carbocycles. The normalized spacial score (nSPS) is 12.1. The maximum atomic E-state index is 12.4. The maximum absolute atomic E-state index is 12.4. The zero-order chi connectivity index (χ0) is 93.7. The lowest BCUT2D eigenvalue weighted by Gasteiger charge is -2.26. The molecule has 141 heavy (non-hydrogen) atoms. The number of hydrogen-bond donors (Lipinski definition) is 0. The summed E-state index contributed by atoms with van der Waals surface area (Å²) in [6.45, 7) is 36.9. The standard InChI is InChI=1S/C21H24O2.C20H22O2.C19H24O3.C19H22O2.C18H22O3.C18H20O2.12CH4/c1-5-21(3,4)20(22)23-14(2)15-10-11-19-17(12-15)13-16-8-6-7-9-18(16)19;1-4-13(2)20(21)22-14(3)15-9-10-19-17(11-15)12-16-7-5-6-8-18(16)19;1-6-19(3,4)18(20)22-13(2)14-7-8-16-12-17(21-5)10-9-15(16)11-14;1-4-19(2,3)18(20)21-17(15-11-7-5-8-12-15)16-13-9-6-10-14-16;1-5-12(2)18(19)21-13(3)14-6-7-16-11-17(20-4)9-8-15(16)10-14;1-3-14(2)18(19)20-17(15-10-6-4-7-11-15)16-12-8-5-9-13-16;;;;;;;;;;;;/h6-12,14H,5,13H2,1-4H3;5-11,13-14H,4,12H2,1-3H3;7-13H,6H2,1-5H3;5-14,17H,4H2,1-3H3;6-13H,5H2,1-4H3;4-14,17H,3H2,1-2H3;12*1H4. The van der Waals surface area contributed by atoms with Gasteiger partial charge in [0, 0.05) is 0 Å². The highest BCUT2D eigenvalue weighted by molar-refractivity contribution is 5.87. The molecule has 12 aromatic carbocycles. The molecule has 0 heterocycles. The van der Waals surface area contributed by atoms with Crippen LogP contribution in [0.15, 0.2) is 279 Å². The number of esters is 6. The second-order valence-corrected chi connectivity index (χ2v) is 35.6. The molecule has 7 unspecified atom stereocenters. The van der Waals surface area contributed by atoms with Crippen molar-refractivity contribution in [2.75, 3.05) is 14.2 Å². The Labute approximate surface area is 855 Å². The second kappa shape index (κ2) is 64.1. The number of carbonyl (C=O) groups is 6. The van der Waals surface area contributed by atoms with E-state index in [1.807, 2.05) is 314 Å². The number of methoxy groups -OCH3 is 2. The molecule has 14 heteroatoms. The third-order valence-electron chi connectivity index (χ3n) is 25.0. The lowest BCUT2D eigenvalue weighted by molar-refractivity contribution is -0.160. The van der Waals surface area contributed by atoms with Gasteiger partial charge in [-0.3, -0.25) is 28.8 Å². The first-order valence-corrected chi connectivity index (χ1v) is 45.7. The van der Waals surface area contributed by atoms with E-state index in [1.54, 1.807) is 14.2 Å². The van der Waals surface area contributed by atoms with Crippen LogP contribution in [0.3, 0.4) is 0 Å². The first kappa shape index (κ1) is 135. The second-order valence-electron chi connectivity index (χ2n) is 35.6. The van der Waals surface area contributed by atoms with Crippen LogP contribution in [0.4, 0.5) is 0 Å². The minimum Gasteiger partial charge on any atom is -0.497 e. The van der Waals surface area contributed by atoms with Crippen LogP contribution in [-0.4, -0.2) is 50.0 Å². The van der Waals surface area contributed by atoms with Crippen molar-refractivity contribution in [2.45, 2.75) is 309 Å². The molecule has 0 saturated carbocycles. The first-order chi connectivity index (χ1) is 61.7. The number of fused-ring (bicyclic) bond motifs is 8. The molecule has 12 aromatic rings. The molecule has 0 radical (unpaired) electrons. The Morgan fingerprint density at radius 2 is 0.482 bits per heavy atom. The Morgan fingerprint density at radius 3 is 0.773 bits per heavy atom. The van der Waals surface area contributed by atoms with E-state index >= 15 is 0 Å². The SMILES string of the molecule is C.C.C.C.C.C.C.C.C.C.C.C.CCC(C)(C)C(=O)OC(C)c1ccc2c(c1)Cc1ccccc1-2.CCC(C)(C)C(=O)OC(C)c1ccc2cc(OC)ccc2c1.CCC(C)(C)C(=O)OC(c1ccccc1)c1ccccc1.CCC(C)C(=O)OC(C)c1ccc2c(c1)Cc1ccccc1-2.CCC(C)C(=O)OC(C)c1ccc2cc(OC)ccc2c1.CCC(C)C(=O)OC(c1ccccc1)c1ccccc1. The summed E-state index contributed by atoms with van der Waals surface area (Å²) in [6, 6.07) is 93.4. The molecule has 0 aliphatic heterocycles. The van der Waals surface area contributed by atoms with Gasteiger partial charge in [-0.15, -0.1) is 0 Å². The summed E-state index contributed by atoms with van der Waals surface area (Å²) in [6.07, 6.45) is 5.00. The third kappa shape index (κ3) is 37.2. The number of hydrogen-bond acceptors (Lipinski definition) is 14. The van der Waals surface area contributed by atoms with Gasteiger partial charge >= 0.3 is 35.8 Å². The number of carbonyl (C=O) groups excluding carboxylic acids is 6. The third-order valence-corrected chi connectivity index (χ3v) is 25.0. The summed E-state index contributed by atoms with van der Waals surface area (Å²) >= 11 is 0.